The molecule has 0 amide bonds. The SMILES string of the molecule is COC(=O)CCCCC(/C=C/c1cccc(OC)c1OC)Cc1ccc(C(=O)OC)cc1. The second-order valence-corrected chi connectivity index (χ2v) is 7.42. The number of benzene rings is 2. The highest BCUT2D eigenvalue weighted by Crippen LogP contribution is 2.32. The molecule has 0 N–H and O–H groups in total. The van der Waals surface area contributed by atoms with Crippen LogP contribution in [0.25, 0.3) is 6.08 Å². The van der Waals surface area contributed by atoms with Crippen molar-refractivity contribution in [2.45, 2.75) is 32.1 Å². The Morgan fingerprint density at radius 2 is 1.66 bits per heavy atom. The van der Waals surface area contributed by atoms with Crippen molar-refractivity contribution < 1.29 is 28.5 Å². The number of rotatable bonds is 12. The number of ether oxygens (including phenoxy) is 4. The van der Waals surface area contributed by atoms with E-state index in [2.05, 4.69) is 12.2 Å². The molecule has 6 nitrogen and oxygen atoms in total. The molecule has 0 saturated carbocycles. The van der Waals surface area contributed by atoms with Crippen LogP contribution in [-0.2, 0) is 20.7 Å². The second kappa shape index (κ2) is 13.2. The molecule has 0 radical (unpaired) electrons. The van der Waals surface area contributed by atoms with Gasteiger partial charge in [0.05, 0.1) is 34.0 Å². The van der Waals surface area contributed by atoms with Gasteiger partial charge in [-0.3, -0.25) is 4.79 Å². The molecule has 2 rings (SSSR count). The van der Waals surface area contributed by atoms with Crippen molar-refractivity contribution in [1.82, 2.24) is 0 Å². The summed E-state index contributed by atoms with van der Waals surface area (Å²) >= 11 is 0. The summed E-state index contributed by atoms with van der Waals surface area (Å²) in [5.41, 5.74) is 2.59. The van der Waals surface area contributed by atoms with Crippen LogP contribution in [0.2, 0.25) is 0 Å². The van der Waals surface area contributed by atoms with Crippen LogP contribution in [-0.4, -0.2) is 40.4 Å². The Morgan fingerprint density at radius 3 is 2.28 bits per heavy atom. The summed E-state index contributed by atoms with van der Waals surface area (Å²) in [6, 6.07) is 13.2. The van der Waals surface area contributed by atoms with E-state index in [0.717, 1.165) is 36.8 Å². The van der Waals surface area contributed by atoms with Gasteiger partial charge in [-0.25, -0.2) is 4.79 Å². The molecule has 0 bridgehead atoms. The Morgan fingerprint density at radius 1 is 0.906 bits per heavy atom. The lowest BCUT2D eigenvalue weighted by atomic mass is 9.92. The highest BCUT2D eigenvalue weighted by molar-refractivity contribution is 5.89. The number of hydrogen-bond acceptors (Lipinski definition) is 6. The van der Waals surface area contributed by atoms with E-state index in [1.807, 2.05) is 30.3 Å². The van der Waals surface area contributed by atoms with Crippen LogP contribution in [0.5, 0.6) is 11.5 Å². The fourth-order valence-corrected chi connectivity index (χ4v) is 3.52. The van der Waals surface area contributed by atoms with E-state index in [-0.39, 0.29) is 17.9 Å². The molecular weight excluding hydrogens is 408 g/mol. The molecule has 0 aliphatic carbocycles. The number of allylic oxidation sites excluding steroid dienone is 1. The number of para-hydroxylation sites is 1. The van der Waals surface area contributed by atoms with Gasteiger partial charge in [-0.15, -0.1) is 0 Å². The van der Waals surface area contributed by atoms with Crippen molar-refractivity contribution in [3.63, 3.8) is 0 Å². The molecule has 1 unspecified atom stereocenters. The molecule has 1 atom stereocenters. The van der Waals surface area contributed by atoms with Crippen LogP contribution in [0, 0.1) is 5.92 Å². The van der Waals surface area contributed by atoms with E-state index in [9.17, 15) is 9.59 Å². The maximum atomic E-state index is 11.7. The third-order valence-electron chi connectivity index (χ3n) is 5.29. The van der Waals surface area contributed by atoms with Gasteiger partial charge >= 0.3 is 11.9 Å². The average molecular weight is 441 g/mol. The predicted octanol–water partition coefficient (Wildman–Crippen LogP) is 5.10. The summed E-state index contributed by atoms with van der Waals surface area (Å²) in [5, 5.41) is 0. The Hall–Kier alpha value is -3.28. The lowest BCUT2D eigenvalue weighted by molar-refractivity contribution is -0.140. The van der Waals surface area contributed by atoms with E-state index >= 15 is 0 Å². The molecule has 2 aromatic rings. The van der Waals surface area contributed by atoms with Crippen molar-refractivity contribution in [2.24, 2.45) is 5.92 Å². The van der Waals surface area contributed by atoms with Crippen LogP contribution < -0.4 is 9.47 Å². The number of carbonyl (C=O) groups is 2. The molecule has 172 valence electrons. The first-order valence-electron chi connectivity index (χ1n) is 10.7. The largest absolute Gasteiger partial charge is 0.493 e. The summed E-state index contributed by atoms with van der Waals surface area (Å²) in [6.07, 6.45) is 8.05. The van der Waals surface area contributed by atoms with Gasteiger partial charge in [0.25, 0.3) is 0 Å². The number of esters is 2. The maximum absolute atomic E-state index is 11.7. The highest BCUT2D eigenvalue weighted by atomic mass is 16.5. The lowest BCUT2D eigenvalue weighted by Crippen LogP contribution is -2.05. The van der Waals surface area contributed by atoms with Crippen LogP contribution >= 0.6 is 0 Å². The van der Waals surface area contributed by atoms with Crippen LogP contribution in [0.4, 0.5) is 0 Å². The monoisotopic (exact) mass is 440 g/mol. The quantitative estimate of drug-likeness (QED) is 0.338. The lowest BCUT2D eigenvalue weighted by Gasteiger charge is -2.14. The minimum Gasteiger partial charge on any atom is -0.493 e. The van der Waals surface area contributed by atoms with Gasteiger partial charge in [-0.2, -0.15) is 0 Å². The minimum atomic E-state index is -0.346. The predicted molar refractivity (Wildman–Crippen MR) is 124 cm³/mol. The molecular formula is C26H32O6. The Kier molecular flexibility index (Phi) is 10.3. The van der Waals surface area contributed by atoms with Crippen molar-refractivity contribution in [1.29, 1.82) is 0 Å². The zero-order valence-corrected chi connectivity index (χ0v) is 19.3. The first-order valence-corrected chi connectivity index (χ1v) is 10.7. The van der Waals surface area contributed by atoms with E-state index in [1.165, 1.54) is 14.2 Å². The number of methoxy groups -OCH3 is 4. The molecule has 0 aliphatic heterocycles. The van der Waals surface area contributed by atoms with E-state index < -0.39 is 0 Å². The van der Waals surface area contributed by atoms with Gasteiger partial charge in [0.2, 0.25) is 0 Å². The summed E-state index contributed by atoms with van der Waals surface area (Å²) in [7, 11) is 6.03. The van der Waals surface area contributed by atoms with Crippen molar-refractivity contribution in [3.05, 3.63) is 65.2 Å². The zero-order valence-electron chi connectivity index (χ0n) is 19.3. The van der Waals surface area contributed by atoms with Crippen LogP contribution in [0.15, 0.2) is 48.5 Å². The Bertz CT molecular complexity index is 901. The topological polar surface area (TPSA) is 71.1 Å². The third kappa shape index (κ3) is 7.45. The average Bonchev–Trinajstić information content (AvgIpc) is 2.84. The fourth-order valence-electron chi connectivity index (χ4n) is 3.52. The highest BCUT2D eigenvalue weighted by Gasteiger charge is 2.12. The van der Waals surface area contributed by atoms with Crippen molar-refractivity contribution >= 4 is 18.0 Å². The molecule has 0 saturated heterocycles. The van der Waals surface area contributed by atoms with E-state index in [1.54, 1.807) is 26.4 Å². The molecule has 6 heteroatoms. The van der Waals surface area contributed by atoms with Gasteiger partial charge in [0, 0.05) is 12.0 Å². The van der Waals surface area contributed by atoms with Crippen LogP contribution in [0.1, 0.15) is 47.2 Å². The smallest absolute Gasteiger partial charge is 0.337 e. The first-order chi connectivity index (χ1) is 15.5. The number of unbranched alkanes of at least 4 members (excludes halogenated alkanes) is 1. The second-order valence-electron chi connectivity index (χ2n) is 7.42. The third-order valence-corrected chi connectivity index (χ3v) is 5.29. The van der Waals surface area contributed by atoms with Crippen molar-refractivity contribution in [3.8, 4) is 11.5 Å². The van der Waals surface area contributed by atoms with E-state index in [0.29, 0.717) is 23.5 Å². The Labute approximate surface area is 190 Å². The standard InChI is InChI=1S/C26H32O6/c1-29-23-10-7-9-21(25(23)31-3)15-12-19(8-5-6-11-24(27)30-2)18-20-13-16-22(17-14-20)26(28)32-4/h7,9-10,12-17,19H,5-6,8,11,18H2,1-4H3/b15-12+. The Balaban J connectivity index is 2.16. The summed E-state index contributed by atoms with van der Waals surface area (Å²) < 4.78 is 20.4. The molecule has 0 aromatic heterocycles. The van der Waals surface area contributed by atoms with Gasteiger partial charge in [-0.1, -0.05) is 42.8 Å². The molecule has 32 heavy (non-hydrogen) atoms. The maximum Gasteiger partial charge on any atom is 0.337 e. The van der Waals surface area contributed by atoms with Gasteiger partial charge in [0.1, 0.15) is 0 Å². The van der Waals surface area contributed by atoms with Gasteiger partial charge in [0.15, 0.2) is 11.5 Å². The summed E-state index contributed by atoms with van der Waals surface area (Å²) in [6.45, 7) is 0. The molecule has 0 aliphatic rings. The van der Waals surface area contributed by atoms with Crippen molar-refractivity contribution in [2.75, 3.05) is 28.4 Å². The molecule has 0 fully saturated rings. The molecule has 2 aromatic carbocycles. The van der Waals surface area contributed by atoms with Gasteiger partial charge < -0.3 is 18.9 Å². The molecule has 0 heterocycles. The summed E-state index contributed by atoms with van der Waals surface area (Å²) in [4.78, 5) is 23.1. The minimum absolute atomic E-state index is 0.184. The first kappa shape index (κ1) is 25.0. The zero-order chi connectivity index (χ0) is 23.3. The number of carbonyl (C=O) groups excluding carboxylic acids is 2. The molecule has 0 spiro atoms. The van der Waals surface area contributed by atoms with E-state index in [4.69, 9.17) is 18.9 Å². The van der Waals surface area contributed by atoms with Crippen LogP contribution in [0.3, 0.4) is 0 Å². The number of hydrogen-bond donors (Lipinski definition) is 0. The van der Waals surface area contributed by atoms with Gasteiger partial charge in [-0.05, 0) is 48.9 Å². The summed E-state index contributed by atoms with van der Waals surface area (Å²) in [5.74, 6) is 1.09. The fraction of sp³-hybridized carbons (Fsp3) is 0.385. The normalized spacial score (nSPS) is 11.8.